The number of carbonyl (C=O) groups is 1. The molecule has 1 rings (SSSR count). The first kappa shape index (κ1) is 6.86. The first-order valence-electron chi connectivity index (χ1n) is 3.02. The van der Waals surface area contributed by atoms with Gasteiger partial charge in [-0.1, -0.05) is 0 Å². The highest BCUT2D eigenvalue weighted by Gasteiger charge is 2.07. The summed E-state index contributed by atoms with van der Waals surface area (Å²) < 4.78 is 4.93. The van der Waals surface area contributed by atoms with Crippen LogP contribution in [0.4, 0.5) is 0 Å². The van der Waals surface area contributed by atoms with E-state index in [1.54, 1.807) is 20.0 Å². The molecule has 1 heterocycles. The molecule has 0 aliphatic carbocycles. The predicted octanol–water partition coefficient (Wildman–Crippen LogP) is 0.948. The Morgan fingerprint density at radius 1 is 1.70 bits per heavy atom. The SMILES string of the molecule is CNC(=O)c1ccoc1C. The zero-order chi connectivity index (χ0) is 7.56. The van der Waals surface area contributed by atoms with Crippen LogP contribution in [0.2, 0.25) is 0 Å². The molecule has 0 aromatic carbocycles. The van der Waals surface area contributed by atoms with Crippen molar-refractivity contribution in [2.75, 3.05) is 7.05 Å². The van der Waals surface area contributed by atoms with Crippen molar-refractivity contribution in [2.24, 2.45) is 0 Å². The summed E-state index contributed by atoms with van der Waals surface area (Å²) in [6, 6.07) is 1.65. The van der Waals surface area contributed by atoms with Gasteiger partial charge in [0.25, 0.3) is 5.91 Å². The van der Waals surface area contributed by atoms with Crippen LogP contribution in [0.15, 0.2) is 16.7 Å². The minimum Gasteiger partial charge on any atom is -0.469 e. The van der Waals surface area contributed by atoms with Crippen molar-refractivity contribution in [1.29, 1.82) is 0 Å². The third kappa shape index (κ3) is 1.03. The highest BCUT2D eigenvalue weighted by Crippen LogP contribution is 2.07. The van der Waals surface area contributed by atoms with E-state index in [0.717, 1.165) is 0 Å². The lowest BCUT2D eigenvalue weighted by atomic mass is 10.2. The number of carbonyl (C=O) groups excluding carboxylic acids is 1. The van der Waals surface area contributed by atoms with Crippen molar-refractivity contribution >= 4 is 5.91 Å². The molecule has 0 aliphatic heterocycles. The Labute approximate surface area is 59.0 Å². The molecule has 0 saturated carbocycles. The number of furan rings is 1. The maximum atomic E-state index is 10.9. The summed E-state index contributed by atoms with van der Waals surface area (Å²) in [6.07, 6.45) is 1.50. The predicted molar refractivity (Wildman–Crippen MR) is 36.8 cm³/mol. The second kappa shape index (κ2) is 2.56. The van der Waals surface area contributed by atoms with Gasteiger partial charge in [0.15, 0.2) is 0 Å². The lowest BCUT2D eigenvalue weighted by Gasteiger charge is -1.93. The second-order valence-corrected chi connectivity index (χ2v) is 1.97. The topological polar surface area (TPSA) is 42.2 Å². The molecule has 0 aliphatic rings. The molecule has 0 unspecified atom stereocenters. The number of hydrogen-bond donors (Lipinski definition) is 1. The second-order valence-electron chi connectivity index (χ2n) is 1.97. The van der Waals surface area contributed by atoms with Crippen LogP contribution in [0.25, 0.3) is 0 Å². The van der Waals surface area contributed by atoms with Crippen LogP contribution in [0.5, 0.6) is 0 Å². The summed E-state index contributed by atoms with van der Waals surface area (Å²) in [5.41, 5.74) is 0.600. The zero-order valence-electron chi connectivity index (χ0n) is 5.97. The summed E-state index contributed by atoms with van der Waals surface area (Å²) in [5.74, 6) is 0.547. The monoisotopic (exact) mass is 139 g/mol. The van der Waals surface area contributed by atoms with Gasteiger partial charge in [0.05, 0.1) is 11.8 Å². The van der Waals surface area contributed by atoms with Crippen LogP contribution in [0.3, 0.4) is 0 Å². The molecule has 3 nitrogen and oxygen atoms in total. The maximum Gasteiger partial charge on any atom is 0.254 e. The fourth-order valence-corrected chi connectivity index (χ4v) is 0.755. The van der Waals surface area contributed by atoms with E-state index in [2.05, 4.69) is 5.32 Å². The van der Waals surface area contributed by atoms with E-state index in [4.69, 9.17) is 4.42 Å². The normalized spacial score (nSPS) is 9.40. The van der Waals surface area contributed by atoms with Crippen LogP contribution >= 0.6 is 0 Å². The first-order chi connectivity index (χ1) is 4.75. The first-order valence-corrected chi connectivity index (χ1v) is 3.02. The molecule has 1 aromatic heterocycles. The standard InChI is InChI=1S/C7H9NO2/c1-5-6(3-4-10-5)7(9)8-2/h3-4H,1-2H3,(H,8,9). The molecule has 1 N–H and O–H groups in total. The van der Waals surface area contributed by atoms with Gasteiger partial charge in [-0.25, -0.2) is 0 Å². The largest absolute Gasteiger partial charge is 0.469 e. The average Bonchev–Trinajstić information content (AvgIpc) is 2.34. The molecule has 0 fully saturated rings. The van der Waals surface area contributed by atoms with E-state index in [-0.39, 0.29) is 5.91 Å². The Hall–Kier alpha value is -1.25. The Balaban J connectivity index is 2.93. The van der Waals surface area contributed by atoms with Crippen molar-refractivity contribution in [3.8, 4) is 0 Å². The summed E-state index contributed by atoms with van der Waals surface area (Å²) in [5, 5.41) is 2.51. The van der Waals surface area contributed by atoms with Gasteiger partial charge in [-0.15, -0.1) is 0 Å². The Kier molecular flexibility index (Phi) is 1.76. The fourth-order valence-electron chi connectivity index (χ4n) is 0.755. The van der Waals surface area contributed by atoms with E-state index in [9.17, 15) is 4.79 Å². The highest BCUT2D eigenvalue weighted by molar-refractivity contribution is 5.94. The summed E-state index contributed by atoms with van der Waals surface area (Å²) in [4.78, 5) is 10.9. The molecule has 0 saturated heterocycles. The Bertz CT molecular complexity index is 240. The molecule has 1 amide bonds. The number of aryl methyl sites for hydroxylation is 1. The molecule has 0 bridgehead atoms. The van der Waals surface area contributed by atoms with Crippen LogP contribution in [-0.2, 0) is 0 Å². The maximum absolute atomic E-state index is 10.9. The minimum absolute atomic E-state index is 0.105. The van der Waals surface area contributed by atoms with Crippen LogP contribution in [-0.4, -0.2) is 13.0 Å². The average molecular weight is 139 g/mol. The molecule has 0 atom stereocenters. The van der Waals surface area contributed by atoms with Gasteiger partial charge in [0, 0.05) is 7.05 Å². The van der Waals surface area contributed by atoms with Gasteiger partial charge in [0.2, 0.25) is 0 Å². The third-order valence-electron chi connectivity index (χ3n) is 1.33. The molecule has 1 aromatic rings. The number of amides is 1. The lowest BCUT2D eigenvalue weighted by Crippen LogP contribution is -2.17. The summed E-state index contributed by atoms with van der Waals surface area (Å²) in [6.45, 7) is 1.75. The molecule has 10 heavy (non-hydrogen) atoms. The zero-order valence-corrected chi connectivity index (χ0v) is 5.97. The summed E-state index contributed by atoms with van der Waals surface area (Å²) >= 11 is 0. The van der Waals surface area contributed by atoms with E-state index in [0.29, 0.717) is 11.3 Å². The smallest absolute Gasteiger partial charge is 0.254 e. The third-order valence-corrected chi connectivity index (χ3v) is 1.33. The van der Waals surface area contributed by atoms with Crippen LogP contribution < -0.4 is 5.32 Å². The molecular weight excluding hydrogens is 130 g/mol. The van der Waals surface area contributed by atoms with Crippen molar-refractivity contribution in [3.63, 3.8) is 0 Å². The van der Waals surface area contributed by atoms with Gasteiger partial charge in [-0.2, -0.15) is 0 Å². The van der Waals surface area contributed by atoms with Crippen molar-refractivity contribution in [3.05, 3.63) is 23.7 Å². The fraction of sp³-hybridized carbons (Fsp3) is 0.286. The number of nitrogens with one attached hydrogen (secondary N) is 1. The molecular formula is C7H9NO2. The van der Waals surface area contributed by atoms with E-state index in [1.807, 2.05) is 0 Å². The lowest BCUT2D eigenvalue weighted by molar-refractivity contribution is 0.0961. The van der Waals surface area contributed by atoms with Crippen LogP contribution in [0.1, 0.15) is 16.1 Å². The molecule has 0 radical (unpaired) electrons. The van der Waals surface area contributed by atoms with Crippen molar-refractivity contribution < 1.29 is 9.21 Å². The van der Waals surface area contributed by atoms with E-state index in [1.165, 1.54) is 6.26 Å². The number of rotatable bonds is 1. The van der Waals surface area contributed by atoms with Gasteiger partial charge >= 0.3 is 0 Å². The van der Waals surface area contributed by atoms with Crippen molar-refractivity contribution in [1.82, 2.24) is 5.32 Å². The van der Waals surface area contributed by atoms with Gasteiger partial charge in [-0.05, 0) is 13.0 Å². The Morgan fingerprint density at radius 2 is 2.40 bits per heavy atom. The van der Waals surface area contributed by atoms with Gasteiger partial charge < -0.3 is 9.73 Å². The quantitative estimate of drug-likeness (QED) is 0.629. The minimum atomic E-state index is -0.105. The molecule has 54 valence electrons. The van der Waals surface area contributed by atoms with Crippen LogP contribution in [0, 0.1) is 6.92 Å². The van der Waals surface area contributed by atoms with E-state index >= 15 is 0 Å². The number of hydrogen-bond acceptors (Lipinski definition) is 2. The highest BCUT2D eigenvalue weighted by atomic mass is 16.3. The van der Waals surface area contributed by atoms with E-state index < -0.39 is 0 Å². The Morgan fingerprint density at radius 3 is 2.80 bits per heavy atom. The molecule has 3 heteroatoms. The van der Waals surface area contributed by atoms with Gasteiger partial charge in [0.1, 0.15) is 5.76 Å². The molecule has 0 spiro atoms. The summed E-state index contributed by atoms with van der Waals surface area (Å²) in [7, 11) is 1.59. The van der Waals surface area contributed by atoms with Gasteiger partial charge in [-0.3, -0.25) is 4.79 Å². The van der Waals surface area contributed by atoms with Crippen molar-refractivity contribution in [2.45, 2.75) is 6.92 Å².